The zero-order valence-electron chi connectivity index (χ0n) is 84.1. The summed E-state index contributed by atoms with van der Waals surface area (Å²) in [5, 5.41) is 31.6. The Hall–Kier alpha value is -12.0. The summed E-state index contributed by atoms with van der Waals surface area (Å²) in [4.78, 5) is 29.2. The quantitative estimate of drug-likeness (QED) is 0.0694. The molecule has 139 heavy (non-hydrogen) atoms. The van der Waals surface area contributed by atoms with Crippen molar-refractivity contribution in [3.8, 4) is 152 Å². The second kappa shape index (κ2) is 42.6. The fraction of sp³-hybridized carbons (Fsp3) is 0.274. The Balaban J connectivity index is 0.000000174. The number of fused-ring (bicyclic) bond motifs is 3. The molecule has 6 heterocycles. The van der Waals surface area contributed by atoms with Crippen LogP contribution < -0.4 is 0 Å². The number of phenolic OH excluding ortho intramolecular Hbond substituents is 3. The first kappa shape index (κ1) is 104. The summed E-state index contributed by atoms with van der Waals surface area (Å²) in [6.45, 7) is 53.5. The summed E-state index contributed by atoms with van der Waals surface area (Å²) in [7, 11) is 0. The third-order valence-corrected chi connectivity index (χ3v) is 25.7. The minimum Gasteiger partial charge on any atom is -0.507 e. The van der Waals surface area contributed by atoms with Gasteiger partial charge in [0.1, 0.15) is 34.0 Å². The van der Waals surface area contributed by atoms with Crippen LogP contribution in [0.2, 0.25) is 0 Å². The van der Waals surface area contributed by atoms with Crippen LogP contribution in [0.3, 0.4) is 0 Å². The molecule has 12 aromatic carbocycles. The van der Waals surface area contributed by atoms with E-state index in [2.05, 4.69) is 342 Å². The van der Waals surface area contributed by atoms with Crippen molar-refractivity contribution >= 4 is 33.3 Å². The molecule has 0 amide bonds. The van der Waals surface area contributed by atoms with Crippen LogP contribution in [0, 0.1) is 18.2 Å². The Kier molecular flexibility index (Phi) is 31.9. The van der Waals surface area contributed by atoms with E-state index in [1.165, 1.54) is 61.2 Å². The summed E-state index contributed by atoms with van der Waals surface area (Å²) in [5.41, 5.74) is 36.1. The van der Waals surface area contributed by atoms with Crippen LogP contribution in [0.5, 0.6) is 17.2 Å². The monoisotopic (exact) mass is 2380 g/mol. The van der Waals surface area contributed by atoms with Crippen LogP contribution in [-0.4, -0.2) is 45.2 Å². The Bertz CT molecular complexity index is 7410. The third kappa shape index (κ3) is 23.5. The van der Waals surface area contributed by atoms with Crippen LogP contribution in [0.4, 0.5) is 0 Å². The Labute approximate surface area is 864 Å². The van der Waals surface area contributed by atoms with Crippen LogP contribution >= 0.6 is 0 Å². The molecule has 0 saturated carbocycles. The predicted molar refractivity (Wildman–Crippen MR) is 561 cm³/mol. The normalized spacial score (nSPS) is 11.9. The molecule has 0 aliphatic rings. The zero-order chi connectivity index (χ0) is 96.9. The molecule has 0 spiro atoms. The average Bonchev–Trinajstić information content (AvgIpc) is 1.65. The number of aromatic nitrogens is 6. The maximum atomic E-state index is 10.6. The van der Waals surface area contributed by atoms with Crippen molar-refractivity contribution in [1.82, 2.24) is 29.9 Å². The van der Waals surface area contributed by atoms with Gasteiger partial charge in [-0.1, -0.05) is 333 Å². The summed E-state index contributed by atoms with van der Waals surface area (Å²) in [6, 6.07) is 95.6. The standard InChI is InChI=1S/C44H47N2O2.2C40H39N2O2.3Pt/c1-26(2)29-17-30(27(3)4)19-31(18-29)28-15-16-45-38(23-28)33-20-32(21-34(22-33)43(5,6)7)37-24-35(44(8,9)10)25-40-41(37)46-42(48-40)36-13-11-12-14-39(36)47;1-24(2)29-18-30(25(3)4)20-31(19-29)26-15-16-41-35(21-26)28-12-10-11-27(17-28)34-22-32(40(5,6)7)23-37-38(34)42-39(44-37)33-13-8-9-14-36(33)43;1-24(2)27-17-28(25(3)4)19-29(18-27)26-15-16-41-35(23-26)31-20-30(21-32(22-31)40(5,6)7)33-12-10-14-37-38(33)42-39(44-37)34-11-8-9-13-36(34)43;;;/h11-19,21-27,47H,1-10H3;8-16,18-25,43H,1-7H3;8-19,21-25,43H,1-7H3;;;/q3*-1;;;. The fourth-order valence-electron chi connectivity index (χ4n) is 17.0. The number of phenols is 3. The third-order valence-electron chi connectivity index (χ3n) is 25.7. The van der Waals surface area contributed by atoms with E-state index >= 15 is 0 Å². The van der Waals surface area contributed by atoms with E-state index in [1.807, 2.05) is 73.2 Å². The van der Waals surface area contributed by atoms with E-state index in [-0.39, 0.29) is 102 Å². The number of para-hydroxylation sites is 4. The molecule has 0 unspecified atom stereocenters. The SMILES string of the molecule is CC(C)c1cc(-c2ccnc(-c3[c-]c(-c4cc(C(C)(C)C)cc5oc(-c6ccccc6O)nc45)cc(C(C)(C)C)c3)c2)cc(C(C)C)c1.CC(C)c1cc(-c2ccnc(-c3[c-]c(-c4cc(C(C)(C)C)cc5oc(-c6ccccc6O)nc45)ccc3)c2)cc(C(C)C)c1.CC(C)c1cc(-c2ccnc(-c3[c-]c(-c4cccc5oc(-c6ccccc6O)nc45)cc(C(C)(C)C)c3)c2)cc(C(C)C)c1.[Pt].[Pt].[Pt]. The molecule has 3 N–H and O–H groups in total. The summed E-state index contributed by atoms with van der Waals surface area (Å²) >= 11 is 0. The van der Waals surface area contributed by atoms with E-state index in [9.17, 15) is 15.3 Å². The summed E-state index contributed by atoms with van der Waals surface area (Å²) in [5.74, 6) is 4.22. The van der Waals surface area contributed by atoms with Crippen molar-refractivity contribution in [2.45, 2.75) is 223 Å². The van der Waals surface area contributed by atoms with Gasteiger partial charge in [-0.2, -0.15) is 0 Å². The summed E-state index contributed by atoms with van der Waals surface area (Å²) in [6.07, 6.45) is 5.70. The van der Waals surface area contributed by atoms with Crippen molar-refractivity contribution in [3.63, 3.8) is 0 Å². The topological polar surface area (TPSA) is 177 Å². The Morgan fingerprint density at radius 3 is 0.835 bits per heavy atom. The van der Waals surface area contributed by atoms with Gasteiger partial charge in [-0.05, 0) is 208 Å². The van der Waals surface area contributed by atoms with Gasteiger partial charge in [0.25, 0.3) is 0 Å². The van der Waals surface area contributed by atoms with Crippen molar-refractivity contribution in [3.05, 3.63) is 341 Å². The number of benzene rings is 12. The van der Waals surface area contributed by atoms with E-state index in [0.29, 0.717) is 86.6 Å². The smallest absolute Gasteiger partial charge is 0.230 e. The van der Waals surface area contributed by atoms with Gasteiger partial charge in [0, 0.05) is 98.9 Å². The number of aromatic hydroxyl groups is 3. The van der Waals surface area contributed by atoms with Gasteiger partial charge < -0.3 is 28.6 Å². The van der Waals surface area contributed by atoms with Crippen LogP contribution in [0.25, 0.3) is 168 Å². The van der Waals surface area contributed by atoms with Crippen molar-refractivity contribution in [2.75, 3.05) is 0 Å². The predicted octanol–water partition coefficient (Wildman–Crippen LogP) is 34.1. The largest absolute Gasteiger partial charge is 0.507 e. The van der Waals surface area contributed by atoms with E-state index in [0.717, 1.165) is 112 Å². The van der Waals surface area contributed by atoms with E-state index < -0.39 is 0 Å². The number of hydrogen-bond donors (Lipinski definition) is 3. The maximum absolute atomic E-state index is 10.6. The molecule has 0 atom stereocenters. The van der Waals surface area contributed by atoms with Crippen LogP contribution in [0.1, 0.15) is 257 Å². The fourth-order valence-corrected chi connectivity index (χ4v) is 17.0. The molecule has 15 heteroatoms. The minimum absolute atomic E-state index is 0. The van der Waals surface area contributed by atoms with Gasteiger partial charge in [-0.25, -0.2) is 15.0 Å². The number of nitrogens with zero attached hydrogens (tertiary/aromatic N) is 6. The van der Waals surface area contributed by atoms with Gasteiger partial charge in [0.2, 0.25) is 17.7 Å². The first-order valence-electron chi connectivity index (χ1n) is 47.7. The molecule has 0 bridgehead atoms. The molecule has 18 aromatic rings. The molecule has 0 aliphatic heterocycles. The van der Waals surface area contributed by atoms with Crippen molar-refractivity contribution in [1.29, 1.82) is 0 Å². The van der Waals surface area contributed by atoms with Crippen LogP contribution in [-0.2, 0) is 84.9 Å². The number of rotatable bonds is 18. The number of hydrogen-bond acceptors (Lipinski definition) is 12. The van der Waals surface area contributed by atoms with Crippen LogP contribution in [0.15, 0.2) is 281 Å². The van der Waals surface area contributed by atoms with Crippen molar-refractivity contribution < 1.29 is 91.8 Å². The average molecular weight is 2380 g/mol. The molecule has 6 aromatic heterocycles. The molecule has 720 valence electrons. The maximum Gasteiger partial charge on any atom is 0.230 e. The van der Waals surface area contributed by atoms with Gasteiger partial charge in [-0.15, -0.1) is 88.5 Å². The molecule has 0 radical (unpaired) electrons. The first-order valence-corrected chi connectivity index (χ1v) is 47.7. The van der Waals surface area contributed by atoms with Gasteiger partial charge in [0.05, 0.1) is 33.2 Å². The zero-order valence-corrected chi connectivity index (χ0v) is 90.9. The second-order valence-corrected chi connectivity index (χ2v) is 42.3. The molecule has 0 aliphatic carbocycles. The Morgan fingerprint density at radius 1 is 0.237 bits per heavy atom. The molecular weight excluding hydrogens is 2250 g/mol. The van der Waals surface area contributed by atoms with E-state index in [4.69, 9.17) is 43.2 Å². The number of oxazole rings is 3. The van der Waals surface area contributed by atoms with E-state index in [1.54, 1.807) is 36.4 Å². The van der Waals surface area contributed by atoms with Gasteiger partial charge >= 0.3 is 0 Å². The molecular formula is C124H125N6O6Pt3-3. The molecule has 12 nitrogen and oxygen atoms in total. The second-order valence-electron chi connectivity index (χ2n) is 42.3. The first-order chi connectivity index (χ1) is 64.5. The molecule has 0 fully saturated rings. The Morgan fingerprint density at radius 2 is 0.504 bits per heavy atom. The van der Waals surface area contributed by atoms with Gasteiger partial charge in [0.15, 0.2) is 0 Å². The minimum atomic E-state index is -0.134. The molecule has 0 saturated heterocycles. The van der Waals surface area contributed by atoms with Gasteiger partial charge in [-0.3, -0.25) is 15.0 Å². The van der Waals surface area contributed by atoms with Crippen molar-refractivity contribution in [2.24, 2.45) is 0 Å². The number of pyridine rings is 3. The molecule has 18 rings (SSSR count). The summed E-state index contributed by atoms with van der Waals surface area (Å²) < 4.78 is 18.8.